The number of hydrogen-bond donors (Lipinski definition) is 0. The molecule has 1 atom stereocenters. The highest BCUT2D eigenvalue weighted by atomic mass is 32.2. The first kappa shape index (κ1) is 20.2. The van der Waals surface area contributed by atoms with E-state index in [2.05, 4.69) is 4.74 Å². The summed E-state index contributed by atoms with van der Waals surface area (Å²) in [4.78, 5) is 3.02. The number of hydrogen-bond acceptors (Lipinski definition) is 5. The van der Waals surface area contributed by atoms with Gasteiger partial charge in [0.25, 0.3) is 0 Å². The highest BCUT2D eigenvalue weighted by molar-refractivity contribution is 8.02. The highest BCUT2D eigenvalue weighted by Gasteiger charge is 2.45. The quantitative estimate of drug-likeness (QED) is 0.690. The van der Waals surface area contributed by atoms with E-state index in [9.17, 15) is 26.3 Å². The first-order chi connectivity index (χ1) is 12.6. The average molecular weight is 414 g/mol. The zero-order valence-corrected chi connectivity index (χ0v) is 14.7. The zero-order chi connectivity index (χ0) is 19.7. The Labute approximate surface area is 155 Å². The van der Waals surface area contributed by atoms with Crippen LogP contribution in [0.15, 0.2) is 35.4 Å². The van der Waals surface area contributed by atoms with E-state index in [1.165, 1.54) is 12.1 Å². The van der Waals surface area contributed by atoms with Crippen LogP contribution in [-0.2, 0) is 11.3 Å². The number of benzene rings is 1. The number of nitrogens with zero attached hydrogens (tertiary/aromatic N) is 2. The fourth-order valence-corrected chi connectivity index (χ4v) is 4.14. The molecule has 0 radical (unpaired) electrons. The Balaban J connectivity index is 1.81. The van der Waals surface area contributed by atoms with Crippen LogP contribution >= 0.6 is 11.8 Å². The normalized spacial score (nSPS) is 22.1. The van der Waals surface area contributed by atoms with Gasteiger partial charge in [-0.05, 0) is 17.7 Å². The Kier molecular flexibility index (Phi) is 5.82. The van der Waals surface area contributed by atoms with Crippen molar-refractivity contribution in [1.82, 2.24) is 9.80 Å². The van der Waals surface area contributed by atoms with Crippen LogP contribution in [0, 0.1) is 0 Å². The summed E-state index contributed by atoms with van der Waals surface area (Å²) < 4.78 is 86.5. The van der Waals surface area contributed by atoms with Crippen molar-refractivity contribution in [2.45, 2.75) is 24.6 Å². The second kappa shape index (κ2) is 7.80. The van der Waals surface area contributed by atoms with Crippen molar-refractivity contribution in [2.24, 2.45) is 0 Å². The maximum absolute atomic E-state index is 13.4. The lowest BCUT2D eigenvalue weighted by molar-refractivity contribution is -0.274. The van der Waals surface area contributed by atoms with Gasteiger partial charge in [-0.1, -0.05) is 23.9 Å². The molecule has 1 fully saturated rings. The Morgan fingerprint density at radius 3 is 2.44 bits per heavy atom. The Hall–Kier alpha value is -1.59. The molecule has 1 saturated heterocycles. The summed E-state index contributed by atoms with van der Waals surface area (Å²) in [7, 11) is 0. The van der Waals surface area contributed by atoms with Gasteiger partial charge in [-0.15, -0.1) is 13.2 Å². The van der Waals surface area contributed by atoms with Crippen molar-refractivity contribution in [2.75, 3.05) is 26.3 Å². The molecule has 27 heavy (non-hydrogen) atoms. The lowest BCUT2D eigenvalue weighted by Gasteiger charge is -2.39. The van der Waals surface area contributed by atoms with Crippen molar-refractivity contribution in [3.8, 4) is 5.75 Å². The fraction of sp³-hybridized carbons (Fsp3) is 0.500. The predicted molar refractivity (Wildman–Crippen MR) is 86.6 cm³/mol. The third-order valence-electron chi connectivity index (χ3n) is 4.01. The molecule has 11 heteroatoms. The SMILES string of the molecule is FC(F)(F)Oc1cccc(CN2C(C(F)(F)F)=CSC2N2CCOCC2)c1. The van der Waals surface area contributed by atoms with Gasteiger partial charge in [-0.25, -0.2) is 0 Å². The summed E-state index contributed by atoms with van der Waals surface area (Å²) in [5.41, 5.74) is -1.13. The molecule has 2 heterocycles. The Morgan fingerprint density at radius 1 is 1.11 bits per heavy atom. The van der Waals surface area contributed by atoms with E-state index in [0.717, 1.165) is 34.2 Å². The van der Waals surface area contributed by atoms with Crippen molar-refractivity contribution < 1.29 is 35.8 Å². The van der Waals surface area contributed by atoms with E-state index in [1.807, 2.05) is 4.90 Å². The van der Waals surface area contributed by atoms with E-state index in [4.69, 9.17) is 4.74 Å². The van der Waals surface area contributed by atoms with Crippen molar-refractivity contribution >= 4 is 11.8 Å². The van der Waals surface area contributed by atoms with Crippen LogP contribution in [0.5, 0.6) is 5.75 Å². The van der Waals surface area contributed by atoms with Gasteiger partial charge in [0.15, 0.2) is 0 Å². The molecule has 150 valence electrons. The predicted octanol–water partition coefficient (Wildman–Crippen LogP) is 4.15. The van der Waals surface area contributed by atoms with E-state index in [0.29, 0.717) is 26.3 Å². The molecule has 1 aromatic rings. The lowest BCUT2D eigenvalue weighted by Crippen LogP contribution is -2.49. The summed E-state index contributed by atoms with van der Waals surface area (Å²) in [6.45, 7) is 1.59. The summed E-state index contributed by atoms with van der Waals surface area (Å²) in [6.07, 6.45) is -9.43. The number of morpholine rings is 1. The van der Waals surface area contributed by atoms with Crippen molar-refractivity contribution in [3.63, 3.8) is 0 Å². The molecule has 0 aliphatic carbocycles. The number of allylic oxidation sites excluding steroid dienone is 1. The number of rotatable bonds is 4. The minimum Gasteiger partial charge on any atom is -0.406 e. The monoisotopic (exact) mass is 414 g/mol. The third-order valence-corrected chi connectivity index (χ3v) is 5.17. The van der Waals surface area contributed by atoms with Gasteiger partial charge in [0, 0.05) is 25.0 Å². The number of alkyl halides is 6. The molecule has 0 spiro atoms. The molecule has 0 bridgehead atoms. The van der Waals surface area contributed by atoms with Crippen molar-refractivity contribution in [1.29, 1.82) is 0 Å². The minimum atomic E-state index is -4.87. The van der Waals surface area contributed by atoms with Gasteiger partial charge < -0.3 is 14.4 Å². The van der Waals surface area contributed by atoms with Gasteiger partial charge >= 0.3 is 12.5 Å². The topological polar surface area (TPSA) is 24.9 Å². The summed E-state index contributed by atoms with van der Waals surface area (Å²) in [6, 6.07) is 4.99. The number of halogens is 6. The van der Waals surface area contributed by atoms with Crippen LogP contribution in [0.1, 0.15) is 5.56 Å². The van der Waals surface area contributed by atoms with Gasteiger partial charge in [0.05, 0.1) is 13.2 Å². The molecule has 3 rings (SSSR count). The maximum atomic E-state index is 13.4. The molecule has 4 nitrogen and oxygen atoms in total. The van der Waals surface area contributed by atoms with Crippen LogP contribution in [0.2, 0.25) is 0 Å². The van der Waals surface area contributed by atoms with E-state index >= 15 is 0 Å². The Morgan fingerprint density at radius 2 is 1.81 bits per heavy atom. The molecule has 0 N–H and O–H groups in total. The van der Waals surface area contributed by atoms with Gasteiger partial charge in [-0.3, -0.25) is 4.90 Å². The van der Waals surface area contributed by atoms with Crippen LogP contribution in [0.3, 0.4) is 0 Å². The lowest BCUT2D eigenvalue weighted by atomic mass is 10.2. The van der Waals surface area contributed by atoms with Crippen LogP contribution in [0.4, 0.5) is 26.3 Å². The molecular formula is C16H16F6N2O2S. The summed E-state index contributed by atoms with van der Waals surface area (Å²) in [5, 5.41) is 1.05. The molecular weight excluding hydrogens is 398 g/mol. The van der Waals surface area contributed by atoms with E-state index in [1.54, 1.807) is 0 Å². The second-order valence-electron chi connectivity index (χ2n) is 5.93. The van der Waals surface area contributed by atoms with E-state index in [-0.39, 0.29) is 12.1 Å². The maximum Gasteiger partial charge on any atom is 0.573 e. The third kappa shape index (κ3) is 5.23. The molecule has 1 aromatic carbocycles. The largest absolute Gasteiger partial charge is 0.573 e. The number of ether oxygens (including phenoxy) is 2. The van der Waals surface area contributed by atoms with Crippen LogP contribution in [-0.4, -0.2) is 54.1 Å². The molecule has 0 aromatic heterocycles. The smallest absolute Gasteiger partial charge is 0.406 e. The minimum absolute atomic E-state index is 0.199. The number of thioether (sulfide) groups is 1. The average Bonchev–Trinajstić information content (AvgIpc) is 2.98. The molecule has 2 aliphatic heterocycles. The summed E-state index contributed by atoms with van der Waals surface area (Å²) in [5.74, 6) is -0.465. The molecule has 2 aliphatic rings. The van der Waals surface area contributed by atoms with Crippen molar-refractivity contribution in [3.05, 3.63) is 40.9 Å². The van der Waals surface area contributed by atoms with Gasteiger partial charge in [0.1, 0.15) is 16.9 Å². The first-order valence-electron chi connectivity index (χ1n) is 7.99. The molecule has 0 saturated carbocycles. The highest BCUT2D eigenvalue weighted by Crippen LogP contribution is 2.42. The standard InChI is InChI=1S/C16H16F6N2O2S/c17-15(18,19)13-10-27-14(23-4-6-25-7-5-23)24(13)9-11-2-1-3-12(8-11)26-16(20,21)22/h1-3,8,10,14H,4-7,9H2. The second-order valence-corrected chi connectivity index (χ2v) is 6.86. The summed E-state index contributed by atoms with van der Waals surface area (Å²) >= 11 is 1.03. The van der Waals surface area contributed by atoms with Crippen LogP contribution in [0.25, 0.3) is 0 Å². The first-order valence-corrected chi connectivity index (χ1v) is 8.94. The van der Waals surface area contributed by atoms with E-state index < -0.39 is 29.5 Å². The molecule has 0 amide bonds. The van der Waals surface area contributed by atoms with Crippen LogP contribution < -0.4 is 4.74 Å². The zero-order valence-electron chi connectivity index (χ0n) is 13.9. The van der Waals surface area contributed by atoms with Gasteiger partial charge in [0.2, 0.25) is 0 Å². The van der Waals surface area contributed by atoms with Gasteiger partial charge in [-0.2, -0.15) is 13.2 Å². The fourth-order valence-electron chi connectivity index (χ4n) is 2.90. The Bertz CT molecular complexity index is 688. The molecule has 1 unspecified atom stereocenters.